The minimum atomic E-state index is -0.154. The van der Waals surface area contributed by atoms with Crippen LogP contribution in [-0.4, -0.2) is 36.6 Å². The maximum absolute atomic E-state index is 13.5. The first-order valence-electron chi connectivity index (χ1n) is 11.7. The summed E-state index contributed by atoms with van der Waals surface area (Å²) in [5.74, 6) is 2.76. The quantitative estimate of drug-likeness (QED) is 0.327. The van der Waals surface area contributed by atoms with Crippen molar-refractivity contribution in [1.82, 2.24) is 9.88 Å². The molecule has 0 bridgehead atoms. The molecule has 0 saturated heterocycles. The van der Waals surface area contributed by atoms with Crippen molar-refractivity contribution in [1.29, 1.82) is 0 Å². The van der Waals surface area contributed by atoms with Crippen LogP contribution in [0.15, 0.2) is 64.5 Å². The second kappa shape index (κ2) is 9.96. The average molecular weight is 489 g/mol. The summed E-state index contributed by atoms with van der Waals surface area (Å²) in [4.78, 5) is 21.0. The van der Waals surface area contributed by atoms with Gasteiger partial charge in [-0.1, -0.05) is 35.9 Å². The zero-order chi connectivity index (χ0) is 24.4. The third-order valence-electron chi connectivity index (χ3n) is 6.45. The van der Waals surface area contributed by atoms with Crippen LogP contribution in [0.25, 0.3) is 11.3 Å². The Morgan fingerprint density at radius 1 is 1.14 bits per heavy atom. The summed E-state index contributed by atoms with van der Waals surface area (Å²) in [5.41, 5.74) is 4.44. The van der Waals surface area contributed by atoms with E-state index >= 15 is 0 Å². The van der Waals surface area contributed by atoms with Gasteiger partial charge in [0.2, 0.25) is 5.91 Å². The minimum absolute atomic E-state index is 0.0823. The van der Waals surface area contributed by atoms with E-state index in [2.05, 4.69) is 18.0 Å². The van der Waals surface area contributed by atoms with E-state index in [4.69, 9.17) is 13.9 Å². The fraction of sp³-hybridized carbons (Fsp3) is 0.286. The second-order valence-electron chi connectivity index (χ2n) is 8.65. The highest BCUT2D eigenvalue weighted by molar-refractivity contribution is 7.10. The van der Waals surface area contributed by atoms with Crippen molar-refractivity contribution >= 4 is 17.2 Å². The molecule has 2 aromatic heterocycles. The lowest BCUT2D eigenvalue weighted by Crippen LogP contribution is -2.40. The highest BCUT2D eigenvalue weighted by Gasteiger charge is 2.33. The first-order chi connectivity index (χ1) is 17.1. The number of methoxy groups -OCH3 is 2. The van der Waals surface area contributed by atoms with Crippen molar-refractivity contribution in [3.05, 3.63) is 87.6 Å². The fourth-order valence-electron chi connectivity index (χ4n) is 4.60. The predicted octanol–water partition coefficient (Wildman–Crippen LogP) is 5.84. The SMILES string of the molecule is COc1cc2c(cc1OC)C(c1cccs1)N(C(=O)CCc1ncc(-c3ccc(C)cc3)o1)CC2. The number of rotatable bonds is 7. The van der Waals surface area contributed by atoms with E-state index < -0.39 is 0 Å². The van der Waals surface area contributed by atoms with Crippen LogP contribution in [0.4, 0.5) is 0 Å². The number of aromatic nitrogens is 1. The molecule has 0 saturated carbocycles. The molecule has 35 heavy (non-hydrogen) atoms. The van der Waals surface area contributed by atoms with Gasteiger partial charge in [0.1, 0.15) is 0 Å². The van der Waals surface area contributed by atoms with Crippen LogP contribution in [-0.2, 0) is 17.6 Å². The van der Waals surface area contributed by atoms with E-state index in [0.29, 0.717) is 36.8 Å². The number of ether oxygens (including phenoxy) is 2. The molecule has 7 heteroatoms. The normalized spacial score (nSPS) is 15.1. The Bertz CT molecular complexity index is 1310. The number of benzene rings is 2. The van der Waals surface area contributed by atoms with Gasteiger partial charge in [-0.2, -0.15) is 0 Å². The number of hydrogen-bond acceptors (Lipinski definition) is 6. The molecule has 5 rings (SSSR count). The van der Waals surface area contributed by atoms with Crippen LogP contribution in [0, 0.1) is 6.92 Å². The van der Waals surface area contributed by atoms with Crippen molar-refractivity contribution in [3.8, 4) is 22.8 Å². The van der Waals surface area contributed by atoms with Crippen LogP contribution in [0.1, 0.15) is 39.9 Å². The third kappa shape index (κ3) is 4.68. The lowest BCUT2D eigenvalue weighted by atomic mass is 9.90. The topological polar surface area (TPSA) is 64.8 Å². The summed E-state index contributed by atoms with van der Waals surface area (Å²) < 4.78 is 17.0. The molecule has 1 unspecified atom stereocenters. The zero-order valence-corrected chi connectivity index (χ0v) is 20.9. The first-order valence-corrected chi connectivity index (χ1v) is 12.5. The molecule has 1 aliphatic heterocycles. The summed E-state index contributed by atoms with van der Waals surface area (Å²) in [7, 11) is 3.28. The monoisotopic (exact) mass is 488 g/mol. The maximum Gasteiger partial charge on any atom is 0.223 e. The van der Waals surface area contributed by atoms with Crippen LogP contribution in [0.5, 0.6) is 11.5 Å². The maximum atomic E-state index is 13.5. The van der Waals surface area contributed by atoms with Gasteiger partial charge in [0, 0.05) is 29.8 Å². The molecule has 1 aliphatic rings. The lowest BCUT2D eigenvalue weighted by Gasteiger charge is -2.37. The summed E-state index contributed by atoms with van der Waals surface area (Å²) >= 11 is 1.66. The summed E-state index contributed by atoms with van der Waals surface area (Å²) in [6.07, 6.45) is 3.28. The number of fused-ring (bicyclic) bond motifs is 1. The molecule has 1 amide bonds. The number of thiophene rings is 1. The molecule has 2 aromatic carbocycles. The second-order valence-corrected chi connectivity index (χ2v) is 9.62. The van der Waals surface area contributed by atoms with E-state index in [0.717, 1.165) is 28.2 Å². The standard InChI is InChI=1S/C28H28N2O4S/c1-18-6-8-19(9-7-18)24-17-29-26(34-24)10-11-27(31)30-13-12-20-15-22(32-2)23(33-3)16-21(20)28(30)25-5-4-14-35-25/h4-9,14-17,28H,10-13H2,1-3H3. The zero-order valence-electron chi connectivity index (χ0n) is 20.1. The Morgan fingerprint density at radius 2 is 1.91 bits per heavy atom. The number of amides is 1. The van der Waals surface area contributed by atoms with Gasteiger partial charge in [0.05, 0.1) is 26.5 Å². The van der Waals surface area contributed by atoms with Crippen LogP contribution >= 0.6 is 11.3 Å². The molecule has 1 atom stereocenters. The highest BCUT2D eigenvalue weighted by Crippen LogP contribution is 2.42. The van der Waals surface area contributed by atoms with Gasteiger partial charge in [-0.25, -0.2) is 4.98 Å². The largest absolute Gasteiger partial charge is 0.493 e. The molecule has 180 valence electrons. The molecule has 0 N–H and O–H groups in total. The Morgan fingerprint density at radius 3 is 2.63 bits per heavy atom. The van der Waals surface area contributed by atoms with Gasteiger partial charge in [0.25, 0.3) is 0 Å². The van der Waals surface area contributed by atoms with Crippen molar-refractivity contribution in [2.45, 2.75) is 32.2 Å². The van der Waals surface area contributed by atoms with Crippen LogP contribution in [0.3, 0.4) is 0 Å². The van der Waals surface area contributed by atoms with Gasteiger partial charge in [-0.15, -0.1) is 11.3 Å². The number of nitrogens with zero attached hydrogens (tertiary/aromatic N) is 2. The smallest absolute Gasteiger partial charge is 0.223 e. The molecule has 6 nitrogen and oxygen atoms in total. The number of carbonyl (C=O) groups is 1. The van der Waals surface area contributed by atoms with Gasteiger partial charge < -0.3 is 18.8 Å². The Labute approximate surface area is 209 Å². The van der Waals surface area contributed by atoms with Crippen LogP contribution < -0.4 is 9.47 Å². The van der Waals surface area contributed by atoms with E-state index in [9.17, 15) is 4.79 Å². The fourth-order valence-corrected chi connectivity index (χ4v) is 5.46. The molecule has 4 aromatic rings. The van der Waals surface area contributed by atoms with E-state index in [1.54, 1.807) is 31.8 Å². The van der Waals surface area contributed by atoms with Crippen molar-refractivity contribution in [2.75, 3.05) is 20.8 Å². The molecular formula is C28H28N2O4S. The number of oxazole rings is 1. The number of aryl methyl sites for hydroxylation is 2. The molecule has 0 fully saturated rings. The molecule has 0 spiro atoms. The highest BCUT2D eigenvalue weighted by atomic mass is 32.1. The molecular weight excluding hydrogens is 460 g/mol. The molecule has 0 radical (unpaired) electrons. The Kier molecular flexibility index (Phi) is 6.59. The van der Waals surface area contributed by atoms with E-state index in [1.807, 2.05) is 52.7 Å². The van der Waals surface area contributed by atoms with Gasteiger partial charge >= 0.3 is 0 Å². The molecule has 0 aliphatic carbocycles. The summed E-state index contributed by atoms with van der Waals surface area (Å²) in [6, 6.07) is 16.1. The average Bonchev–Trinajstić information content (AvgIpc) is 3.59. The van der Waals surface area contributed by atoms with E-state index in [1.165, 1.54) is 11.1 Å². The predicted molar refractivity (Wildman–Crippen MR) is 136 cm³/mol. The summed E-state index contributed by atoms with van der Waals surface area (Å²) in [5, 5.41) is 2.05. The number of carbonyl (C=O) groups excluding carboxylic acids is 1. The van der Waals surface area contributed by atoms with Gasteiger partial charge in [-0.3, -0.25) is 4.79 Å². The minimum Gasteiger partial charge on any atom is -0.493 e. The van der Waals surface area contributed by atoms with Crippen molar-refractivity contribution < 1.29 is 18.7 Å². The summed E-state index contributed by atoms with van der Waals surface area (Å²) in [6.45, 7) is 2.69. The van der Waals surface area contributed by atoms with Crippen molar-refractivity contribution in [3.63, 3.8) is 0 Å². The first kappa shape index (κ1) is 23.2. The van der Waals surface area contributed by atoms with E-state index in [-0.39, 0.29) is 11.9 Å². The van der Waals surface area contributed by atoms with Crippen molar-refractivity contribution in [2.24, 2.45) is 0 Å². The van der Waals surface area contributed by atoms with Crippen LogP contribution in [0.2, 0.25) is 0 Å². The third-order valence-corrected chi connectivity index (χ3v) is 7.37. The lowest BCUT2D eigenvalue weighted by molar-refractivity contribution is -0.133. The number of hydrogen-bond donors (Lipinski definition) is 0. The van der Waals surface area contributed by atoms with Gasteiger partial charge in [0.15, 0.2) is 23.1 Å². The Balaban J connectivity index is 1.36. The Hall–Kier alpha value is -3.58. The molecule has 3 heterocycles. The van der Waals surface area contributed by atoms with Gasteiger partial charge in [-0.05, 0) is 48.1 Å².